The van der Waals surface area contributed by atoms with Gasteiger partial charge in [0.2, 0.25) is 0 Å². The molecule has 0 aliphatic rings. The number of aromatic nitrogens is 4. The maximum Gasteiger partial charge on any atom is 0.284 e. The van der Waals surface area contributed by atoms with Crippen molar-refractivity contribution in [3.8, 4) is 16.9 Å². The molecule has 2 N–H and O–H groups in total. The normalized spacial score (nSPS) is 11.5. The highest BCUT2D eigenvalue weighted by Gasteiger charge is 2.21. The SMILES string of the molecule is COc1ccc(-c2c(Nc3ccccn3)[nH]c3c4c5ccccc5c5ccccc5c4nn3c2=O)cc1. The van der Waals surface area contributed by atoms with Crippen molar-refractivity contribution in [2.24, 2.45) is 0 Å². The number of methoxy groups -OCH3 is 1. The molecule has 7 heteroatoms. The third-order valence-corrected chi connectivity index (χ3v) is 6.75. The minimum Gasteiger partial charge on any atom is -0.497 e. The van der Waals surface area contributed by atoms with E-state index < -0.39 is 0 Å². The van der Waals surface area contributed by atoms with Crippen LogP contribution in [0.3, 0.4) is 0 Å². The zero-order valence-electron chi connectivity index (χ0n) is 19.9. The number of hydrogen-bond donors (Lipinski definition) is 2. The van der Waals surface area contributed by atoms with Gasteiger partial charge in [0.1, 0.15) is 28.5 Å². The summed E-state index contributed by atoms with van der Waals surface area (Å²) in [5.41, 5.74) is 2.36. The number of aromatic amines is 1. The van der Waals surface area contributed by atoms with Gasteiger partial charge in [-0.05, 0) is 46.0 Å². The molecule has 0 aliphatic carbocycles. The van der Waals surface area contributed by atoms with Crippen molar-refractivity contribution < 1.29 is 4.74 Å². The Balaban J connectivity index is 1.62. The van der Waals surface area contributed by atoms with Crippen molar-refractivity contribution in [2.75, 3.05) is 12.4 Å². The Hall–Kier alpha value is -5.17. The van der Waals surface area contributed by atoms with Crippen molar-refractivity contribution in [1.29, 1.82) is 0 Å². The van der Waals surface area contributed by atoms with Gasteiger partial charge in [-0.1, -0.05) is 66.7 Å². The average Bonchev–Trinajstić information content (AvgIpc) is 3.34. The van der Waals surface area contributed by atoms with Gasteiger partial charge in [-0.15, -0.1) is 0 Å². The second-order valence-corrected chi connectivity index (χ2v) is 8.82. The van der Waals surface area contributed by atoms with E-state index in [2.05, 4.69) is 39.6 Å². The lowest BCUT2D eigenvalue weighted by atomic mass is 9.98. The molecule has 0 fully saturated rings. The molecule has 0 atom stereocenters. The summed E-state index contributed by atoms with van der Waals surface area (Å²) < 4.78 is 6.80. The summed E-state index contributed by atoms with van der Waals surface area (Å²) in [6.45, 7) is 0. The Morgan fingerprint density at radius 1 is 0.811 bits per heavy atom. The summed E-state index contributed by atoms with van der Waals surface area (Å²) in [6, 6.07) is 29.4. The zero-order chi connectivity index (χ0) is 24.9. The predicted octanol–water partition coefficient (Wildman–Crippen LogP) is 6.30. The summed E-state index contributed by atoms with van der Waals surface area (Å²) >= 11 is 0. The van der Waals surface area contributed by atoms with E-state index in [0.29, 0.717) is 28.6 Å². The average molecular weight is 484 g/mol. The largest absolute Gasteiger partial charge is 0.497 e. The van der Waals surface area contributed by atoms with Crippen molar-refractivity contribution >= 4 is 49.7 Å². The molecule has 0 spiro atoms. The highest BCUT2D eigenvalue weighted by Crippen LogP contribution is 2.37. The molecule has 0 saturated carbocycles. The highest BCUT2D eigenvalue weighted by molar-refractivity contribution is 6.27. The fourth-order valence-corrected chi connectivity index (χ4v) is 5.06. The molecule has 7 rings (SSSR count). The van der Waals surface area contributed by atoms with Crippen LogP contribution in [0.1, 0.15) is 0 Å². The highest BCUT2D eigenvalue weighted by atomic mass is 16.5. The number of H-pyrrole nitrogens is 1. The van der Waals surface area contributed by atoms with Crippen molar-refractivity contribution in [3.63, 3.8) is 0 Å². The number of nitrogens with one attached hydrogen (secondary N) is 2. The van der Waals surface area contributed by atoms with E-state index in [4.69, 9.17) is 9.84 Å². The topological polar surface area (TPSA) is 84.3 Å². The summed E-state index contributed by atoms with van der Waals surface area (Å²) in [5.74, 6) is 1.88. The molecule has 0 aliphatic heterocycles. The van der Waals surface area contributed by atoms with E-state index in [1.54, 1.807) is 13.3 Å². The Morgan fingerprint density at radius 2 is 1.49 bits per heavy atom. The van der Waals surface area contributed by atoms with Crippen LogP contribution in [0.2, 0.25) is 0 Å². The minimum absolute atomic E-state index is 0.235. The first-order valence-corrected chi connectivity index (χ1v) is 11.9. The minimum atomic E-state index is -0.235. The van der Waals surface area contributed by atoms with E-state index in [9.17, 15) is 4.79 Å². The van der Waals surface area contributed by atoms with E-state index in [-0.39, 0.29) is 5.56 Å². The van der Waals surface area contributed by atoms with Gasteiger partial charge < -0.3 is 15.0 Å². The van der Waals surface area contributed by atoms with E-state index in [1.165, 1.54) is 4.52 Å². The fraction of sp³-hybridized carbons (Fsp3) is 0.0333. The molecule has 0 amide bonds. The number of rotatable bonds is 4. The number of pyridine rings is 1. The molecule has 7 aromatic rings. The van der Waals surface area contributed by atoms with Crippen LogP contribution in [0.15, 0.2) is 102 Å². The number of fused-ring (bicyclic) bond motifs is 8. The monoisotopic (exact) mass is 483 g/mol. The lowest BCUT2D eigenvalue weighted by Crippen LogP contribution is -2.19. The van der Waals surface area contributed by atoms with Crippen LogP contribution in [-0.4, -0.2) is 26.7 Å². The van der Waals surface area contributed by atoms with Crippen LogP contribution in [0, 0.1) is 0 Å². The molecule has 0 radical (unpaired) electrons. The molecule has 3 heterocycles. The van der Waals surface area contributed by atoms with Gasteiger partial charge in [0.15, 0.2) is 0 Å². The lowest BCUT2D eigenvalue weighted by molar-refractivity contribution is 0.415. The first-order valence-electron chi connectivity index (χ1n) is 11.9. The van der Waals surface area contributed by atoms with Crippen LogP contribution in [0.5, 0.6) is 5.75 Å². The van der Waals surface area contributed by atoms with Gasteiger partial charge in [0.25, 0.3) is 5.56 Å². The maximum absolute atomic E-state index is 14.1. The summed E-state index contributed by atoms with van der Waals surface area (Å²) in [5, 5.41) is 13.3. The molecule has 0 unspecified atom stereocenters. The summed E-state index contributed by atoms with van der Waals surface area (Å²) in [6.07, 6.45) is 1.71. The second-order valence-electron chi connectivity index (χ2n) is 8.82. The molecule has 0 saturated heterocycles. The second kappa shape index (κ2) is 8.20. The number of hydrogen-bond acceptors (Lipinski definition) is 5. The molecule has 178 valence electrons. The quantitative estimate of drug-likeness (QED) is 0.287. The maximum atomic E-state index is 14.1. The standard InChI is InChI=1S/C30H21N5O2/c1-37-19-15-13-18(14-16-19)25-28(32-24-12-6-7-17-31-24)33-29-26-22-10-4-2-8-20(22)21-9-3-5-11-23(21)27(26)34-35(29)30(25)36/h2-17,33H,1H3,(H,31,32). The van der Waals surface area contributed by atoms with Crippen LogP contribution in [-0.2, 0) is 0 Å². The molecular weight excluding hydrogens is 462 g/mol. The van der Waals surface area contributed by atoms with Crippen molar-refractivity contribution in [1.82, 2.24) is 19.6 Å². The molecule has 7 nitrogen and oxygen atoms in total. The van der Waals surface area contributed by atoms with Gasteiger partial charge in [-0.2, -0.15) is 9.61 Å². The number of benzene rings is 4. The third kappa shape index (κ3) is 3.25. The van der Waals surface area contributed by atoms with Gasteiger partial charge in [-0.3, -0.25) is 4.79 Å². The smallest absolute Gasteiger partial charge is 0.284 e. The van der Waals surface area contributed by atoms with E-state index in [0.717, 1.165) is 38.0 Å². The van der Waals surface area contributed by atoms with Crippen LogP contribution < -0.4 is 15.6 Å². The lowest BCUT2D eigenvalue weighted by Gasteiger charge is -2.13. The Bertz CT molecular complexity index is 2010. The Kier molecular flexibility index (Phi) is 4.69. The molecule has 3 aromatic heterocycles. The summed E-state index contributed by atoms with van der Waals surface area (Å²) in [7, 11) is 1.62. The number of nitrogens with zero attached hydrogens (tertiary/aromatic N) is 3. The van der Waals surface area contributed by atoms with Crippen LogP contribution in [0.4, 0.5) is 11.6 Å². The van der Waals surface area contributed by atoms with Gasteiger partial charge in [-0.25, -0.2) is 4.98 Å². The van der Waals surface area contributed by atoms with E-state index >= 15 is 0 Å². The van der Waals surface area contributed by atoms with E-state index in [1.807, 2.05) is 66.7 Å². The first-order chi connectivity index (χ1) is 18.2. The zero-order valence-corrected chi connectivity index (χ0v) is 19.9. The summed E-state index contributed by atoms with van der Waals surface area (Å²) in [4.78, 5) is 22.0. The van der Waals surface area contributed by atoms with Crippen LogP contribution in [0.25, 0.3) is 49.2 Å². The molecule has 0 bridgehead atoms. The van der Waals surface area contributed by atoms with Crippen LogP contribution >= 0.6 is 0 Å². The van der Waals surface area contributed by atoms with Gasteiger partial charge in [0.05, 0.1) is 18.1 Å². The van der Waals surface area contributed by atoms with Crippen molar-refractivity contribution in [2.45, 2.75) is 0 Å². The predicted molar refractivity (Wildman–Crippen MR) is 148 cm³/mol. The Labute approximate surface area is 211 Å². The molecule has 37 heavy (non-hydrogen) atoms. The van der Waals surface area contributed by atoms with Crippen molar-refractivity contribution in [3.05, 3.63) is 108 Å². The fourth-order valence-electron chi connectivity index (χ4n) is 5.06. The van der Waals surface area contributed by atoms with Gasteiger partial charge in [0, 0.05) is 11.6 Å². The third-order valence-electron chi connectivity index (χ3n) is 6.75. The number of anilines is 2. The first kappa shape index (κ1) is 21.1. The Morgan fingerprint density at radius 3 is 2.19 bits per heavy atom. The molecular formula is C30H21N5O2. The molecule has 4 aromatic carbocycles. The number of ether oxygens (including phenoxy) is 1. The van der Waals surface area contributed by atoms with Gasteiger partial charge >= 0.3 is 0 Å².